The lowest BCUT2D eigenvalue weighted by molar-refractivity contribution is 0.528. The summed E-state index contributed by atoms with van der Waals surface area (Å²) in [6, 6.07) is 8.67. The zero-order valence-corrected chi connectivity index (χ0v) is 12.8. The van der Waals surface area contributed by atoms with Crippen molar-refractivity contribution in [3.8, 4) is 0 Å². The fourth-order valence-corrected chi connectivity index (χ4v) is 2.81. The number of hydrogen-bond donors (Lipinski definition) is 1. The van der Waals surface area contributed by atoms with Gasteiger partial charge < -0.3 is 5.32 Å². The number of thiazole rings is 1. The number of nitrogens with zero attached hydrogens (tertiary/aromatic N) is 1. The lowest BCUT2D eigenvalue weighted by Crippen LogP contribution is -2.28. The third-order valence-corrected chi connectivity index (χ3v) is 4.10. The third kappa shape index (κ3) is 4.60. The highest BCUT2D eigenvalue weighted by Crippen LogP contribution is 2.23. The molecular weight excluding hydrogens is 276 g/mol. The molecule has 1 N–H and O–H groups in total. The zero-order chi connectivity index (χ0) is 13.7. The van der Waals surface area contributed by atoms with Crippen LogP contribution in [0.2, 0.25) is 5.02 Å². The van der Waals surface area contributed by atoms with Crippen LogP contribution in [0, 0.1) is 0 Å². The fourth-order valence-electron chi connectivity index (χ4n) is 2.01. The van der Waals surface area contributed by atoms with Crippen LogP contribution in [-0.2, 0) is 6.42 Å². The van der Waals surface area contributed by atoms with E-state index >= 15 is 0 Å². The molecule has 2 aromatic rings. The number of hydrogen-bond acceptors (Lipinski definition) is 3. The first kappa shape index (κ1) is 14.5. The molecule has 102 valence electrons. The molecule has 1 aromatic carbocycles. The van der Waals surface area contributed by atoms with Gasteiger partial charge in [0.05, 0.1) is 5.51 Å². The third-order valence-electron chi connectivity index (χ3n) is 3.04. The Morgan fingerprint density at radius 1 is 1.26 bits per heavy atom. The molecule has 0 saturated carbocycles. The van der Waals surface area contributed by atoms with Gasteiger partial charge in [0.1, 0.15) is 0 Å². The minimum atomic E-state index is 0.458. The van der Waals surface area contributed by atoms with Gasteiger partial charge in [0.25, 0.3) is 0 Å². The summed E-state index contributed by atoms with van der Waals surface area (Å²) in [5.74, 6) is 0.458. The summed E-state index contributed by atoms with van der Waals surface area (Å²) in [4.78, 5) is 5.48. The van der Waals surface area contributed by atoms with Crippen molar-refractivity contribution in [3.05, 3.63) is 51.4 Å². The van der Waals surface area contributed by atoms with E-state index in [4.69, 9.17) is 11.6 Å². The Morgan fingerprint density at radius 3 is 2.58 bits per heavy atom. The molecule has 2 rings (SSSR count). The van der Waals surface area contributed by atoms with Crippen LogP contribution in [0.5, 0.6) is 0 Å². The molecule has 19 heavy (non-hydrogen) atoms. The van der Waals surface area contributed by atoms with Crippen molar-refractivity contribution < 1.29 is 0 Å². The molecule has 0 bridgehead atoms. The second-order valence-corrected chi connectivity index (χ2v) is 6.39. The molecule has 0 saturated heterocycles. The average Bonchev–Trinajstić information content (AvgIpc) is 2.88. The van der Waals surface area contributed by atoms with Gasteiger partial charge in [-0.1, -0.05) is 37.6 Å². The maximum Gasteiger partial charge on any atom is 0.0794 e. The minimum Gasteiger partial charge on any atom is -0.314 e. The molecule has 0 aliphatic heterocycles. The Kier molecular flexibility index (Phi) is 5.37. The van der Waals surface area contributed by atoms with E-state index in [2.05, 4.69) is 36.3 Å². The fraction of sp³-hybridized carbons (Fsp3) is 0.400. The van der Waals surface area contributed by atoms with Crippen molar-refractivity contribution in [2.75, 3.05) is 6.54 Å². The predicted octanol–water partition coefficient (Wildman–Crippen LogP) is 4.12. The van der Waals surface area contributed by atoms with E-state index in [1.54, 1.807) is 11.3 Å². The van der Waals surface area contributed by atoms with Gasteiger partial charge in [0.2, 0.25) is 0 Å². The van der Waals surface area contributed by atoms with Crippen molar-refractivity contribution >= 4 is 22.9 Å². The largest absolute Gasteiger partial charge is 0.314 e. The van der Waals surface area contributed by atoms with Gasteiger partial charge in [0, 0.05) is 34.6 Å². The number of benzene rings is 1. The average molecular weight is 295 g/mol. The molecule has 4 heteroatoms. The zero-order valence-electron chi connectivity index (χ0n) is 11.3. The van der Waals surface area contributed by atoms with E-state index in [0.717, 1.165) is 18.0 Å². The molecule has 1 unspecified atom stereocenters. The van der Waals surface area contributed by atoms with E-state index in [9.17, 15) is 0 Å². The van der Waals surface area contributed by atoms with Crippen LogP contribution in [0.25, 0.3) is 0 Å². The molecule has 1 atom stereocenters. The summed E-state index contributed by atoms with van der Waals surface area (Å²) in [5, 5.41) is 4.31. The highest BCUT2D eigenvalue weighted by Gasteiger charge is 2.13. The van der Waals surface area contributed by atoms with Crippen molar-refractivity contribution in [2.24, 2.45) is 0 Å². The molecule has 2 nitrogen and oxygen atoms in total. The highest BCUT2D eigenvalue weighted by molar-refractivity contribution is 7.09. The van der Waals surface area contributed by atoms with E-state index in [1.807, 2.05) is 23.8 Å². The molecule has 0 fully saturated rings. The summed E-state index contributed by atoms with van der Waals surface area (Å²) in [5.41, 5.74) is 3.22. The first-order chi connectivity index (χ1) is 9.15. The maximum atomic E-state index is 5.96. The molecular formula is C15H19ClN2S. The van der Waals surface area contributed by atoms with Gasteiger partial charge >= 0.3 is 0 Å². The normalized spacial score (nSPS) is 12.8. The van der Waals surface area contributed by atoms with Crippen LogP contribution < -0.4 is 5.32 Å². The number of nitrogens with one attached hydrogen (secondary N) is 1. The molecule has 1 aromatic heterocycles. The predicted molar refractivity (Wildman–Crippen MR) is 83.1 cm³/mol. The lowest BCUT2D eigenvalue weighted by atomic mass is 9.95. The van der Waals surface area contributed by atoms with Crippen LogP contribution in [0.15, 0.2) is 36.0 Å². The highest BCUT2D eigenvalue weighted by atomic mass is 35.5. The molecule has 0 amide bonds. The molecule has 0 aliphatic carbocycles. The SMILES string of the molecule is CC(C)NCC(Cc1cncs1)c1ccc(Cl)cc1. The summed E-state index contributed by atoms with van der Waals surface area (Å²) < 4.78 is 0. The molecule has 0 spiro atoms. The minimum absolute atomic E-state index is 0.458. The smallest absolute Gasteiger partial charge is 0.0794 e. The Hall–Kier alpha value is -0.900. The van der Waals surface area contributed by atoms with Crippen LogP contribution in [0.1, 0.15) is 30.2 Å². The Balaban J connectivity index is 2.11. The maximum absolute atomic E-state index is 5.96. The number of aromatic nitrogens is 1. The second-order valence-electron chi connectivity index (χ2n) is 4.98. The standard InChI is InChI=1S/C15H19ClN2S/c1-11(2)18-8-13(7-15-9-17-10-19-15)12-3-5-14(16)6-4-12/h3-6,9-11,13,18H,7-8H2,1-2H3. The van der Waals surface area contributed by atoms with Crippen molar-refractivity contribution in [1.29, 1.82) is 0 Å². The van der Waals surface area contributed by atoms with Gasteiger partial charge in [-0.15, -0.1) is 11.3 Å². The van der Waals surface area contributed by atoms with Gasteiger partial charge in [0.15, 0.2) is 0 Å². The summed E-state index contributed by atoms with van der Waals surface area (Å²) in [6.45, 7) is 5.31. The van der Waals surface area contributed by atoms with E-state index in [1.165, 1.54) is 10.4 Å². The van der Waals surface area contributed by atoms with Crippen LogP contribution in [0.4, 0.5) is 0 Å². The van der Waals surface area contributed by atoms with Crippen molar-refractivity contribution in [3.63, 3.8) is 0 Å². The lowest BCUT2D eigenvalue weighted by Gasteiger charge is -2.19. The topological polar surface area (TPSA) is 24.9 Å². The van der Waals surface area contributed by atoms with E-state index < -0.39 is 0 Å². The van der Waals surface area contributed by atoms with Crippen molar-refractivity contribution in [2.45, 2.75) is 32.2 Å². The molecule has 0 radical (unpaired) electrons. The van der Waals surface area contributed by atoms with Crippen LogP contribution >= 0.6 is 22.9 Å². The van der Waals surface area contributed by atoms with Gasteiger partial charge in [-0.3, -0.25) is 4.98 Å². The summed E-state index contributed by atoms with van der Waals surface area (Å²) in [6.07, 6.45) is 2.98. The van der Waals surface area contributed by atoms with Gasteiger partial charge in [-0.05, 0) is 24.1 Å². The number of rotatable bonds is 6. The quantitative estimate of drug-likeness (QED) is 0.867. The summed E-state index contributed by atoms with van der Waals surface area (Å²) >= 11 is 7.68. The molecule has 0 aliphatic rings. The van der Waals surface area contributed by atoms with Crippen molar-refractivity contribution in [1.82, 2.24) is 10.3 Å². The first-order valence-electron chi connectivity index (χ1n) is 6.51. The Labute approximate surface area is 123 Å². The van der Waals surface area contributed by atoms with Gasteiger partial charge in [-0.25, -0.2) is 0 Å². The van der Waals surface area contributed by atoms with Crippen LogP contribution in [-0.4, -0.2) is 17.6 Å². The Morgan fingerprint density at radius 2 is 2.00 bits per heavy atom. The first-order valence-corrected chi connectivity index (χ1v) is 7.77. The molecule has 1 heterocycles. The van der Waals surface area contributed by atoms with Crippen LogP contribution in [0.3, 0.4) is 0 Å². The number of halogens is 1. The second kappa shape index (κ2) is 7.04. The van der Waals surface area contributed by atoms with E-state index in [0.29, 0.717) is 12.0 Å². The van der Waals surface area contributed by atoms with Gasteiger partial charge in [-0.2, -0.15) is 0 Å². The Bertz CT molecular complexity index is 479. The summed E-state index contributed by atoms with van der Waals surface area (Å²) in [7, 11) is 0. The van der Waals surface area contributed by atoms with E-state index in [-0.39, 0.29) is 0 Å². The monoisotopic (exact) mass is 294 g/mol.